The fourth-order valence-electron chi connectivity index (χ4n) is 12.3. The van der Waals surface area contributed by atoms with Crippen LogP contribution in [0.3, 0.4) is 0 Å². The van der Waals surface area contributed by atoms with E-state index >= 15 is 14.4 Å². The quantitative estimate of drug-likeness (QED) is 0.0276. The Kier molecular flexibility index (Phi) is 26.7. The van der Waals surface area contributed by atoms with E-state index < -0.39 is 132 Å². The number of carboxylic acids is 1. The predicted molar refractivity (Wildman–Crippen MR) is 381 cm³/mol. The number of aromatic amines is 2. The first kappa shape index (κ1) is 75.8. The summed E-state index contributed by atoms with van der Waals surface area (Å²) in [4.78, 5) is 176. The lowest BCUT2D eigenvalue weighted by Gasteiger charge is -2.31. The molecule has 28 nitrogen and oxygen atoms in total. The monoisotopic (exact) mass is 1430 g/mol. The zero-order valence-corrected chi connectivity index (χ0v) is 57.9. The summed E-state index contributed by atoms with van der Waals surface area (Å²) in [5.74, 6) is -9.50. The number of carboxylic acid groups (broad SMARTS) is 1. The van der Waals surface area contributed by atoms with Gasteiger partial charge in [0, 0.05) is 111 Å². The number of halogens is 1. The second-order valence-electron chi connectivity index (χ2n) is 25.9. The van der Waals surface area contributed by atoms with Gasteiger partial charge in [-0.3, -0.25) is 62.7 Å². The van der Waals surface area contributed by atoms with Gasteiger partial charge >= 0.3 is 5.97 Å². The molecule has 9 rings (SSSR count). The Morgan fingerprint density at radius 1 is 0.524 bits per heavy atom. The van der Waals surface area contributed by atoms with E-state index in [1.165, 1.54) is 56.1 Å². The number of pyridine rings is 2. The summed E-state index contributed by atoms with van der Waals surface area (Å²) in [7, 11) is 0. The molecule has 0 bridgehead atoms. The molecular weight excluding hydrogens is 1340 g/mol. The Labute approximate surface area is 598 Å². The summed E-state index contributed by atoms with van der Waals surface area (Å²) >= 11 is 6.24. The van der Waals surface area contributed by atoms with Gasteiger partial charge in [-0.15, -0.1) is 0 Å². The van der Waals surface area contributed by atoms with Gasteiger partial charge in [0.25, 0.3) is 0 Å². The van der Waals surface area contributed by atoms with Crippen molar-refractivity contribution in [1.82, 2.24) is 77.7 Å². The summed E-state index contributed by atoms with van der Waals surface area (Å²) in [5, 5.41) is 47.7. The first-order valence-corrected chi connectivity index (χ1v) is 34.2. The van der Waals surface area contributed by atoms with Crippen LogP contribution in [-0.4, -0.2) is 179 Å². The molecule has 1 saturated heterocycles. The second kappa shape index (κ2) is 36.3. The van der Waals surface area contributed by atoms with E-state index in [2.05, 4.69) is 72.8 Å². The lowest BCUT2D eigenvalue weighted by molar-refractivity contribution is -0.144. The number of para-hydroxylation sites is 1. The van der Waals surface area contributed by atoms with Crippen molar-refractivity contribution in [1.29, 1.82) is 0 Å². The first-order chi connectivity index (χ1) is 49.5. The number of hydrogen-bond acceptors (Lipinski definition) is 15. The molecule has 10 amide bonds. The summed E-state index contributed by atoms with van der Waals surface area (Å²) in [5.41, 5.74) is 3.83. The zero-order chi connectivity index (χ0) is 73.7. The summed E-state index contributed by atoms with van der Waals surface area (Å²) < 4.78 is 0. The minimum atomic E-state index is -1.81. The molecule has 13 N–H and O–H groups in total. The fraction of sp³-hybridized carbons (Fsp3) is 0.351. The molecule has 0 radical (unpaired) electrons. The number of aliphatic hydroxyl groups is 1. The number of aliphatic carboxylic acids is 1. The van der Waals surface area contributed by atoms with Crippen molar-refractivity contribution >= 4 is 98.3 Å². The average molecular weight is 1430 g/mol. The average Bonchev–Trinajstić information content (AvgIpc) is 1.58. The molecule has 29 heteroatoms. The molecule has 0 unspecified atom stereocenters. The molecule has 1 fully saturated rings. The highest BCUT2D eigenvalue weighted by atomic mass is 35.5. The third-order valence-corrected chi connectivity index (χ3v) is 17.8. The number of rotatable bonds is 34. The minimum absolute atomic E-state index is 0.0409. The van der Waals surface area contributed by atoms with E-state index in [0.717, 1.165) is 21.7 Å². The van der Waals surface area contributed by atoms with Crippen molar-refractivity contribution in [3.05, 3.63) is 197 Å². The number of carbonyl (C=O) groups excluding carboxylic acids is 10. The van der Waals surface area contributed by atoms with Crippen LogP contribution in [0.25, 0.3) is 21.7 Å². The topological polar surface area (TPSA) is 410 Å². The SMILES string of the molecule is CC(=O)N[C@H](Cc1ccc2ccccc2c1)C(=O)N[C@H](Cc1ccc(Cl)cc1)C(=O)N[C@H](Cc1cccnc1)C(=O)N[C@@H](CO)C(=O)N[C@@H](Cc1cnc[nH]1)C(=O)N[C@H](Cc1cccnc1)C(=O)N[C@@H](Cc1c[nH]c2ccccc12)C(=O)N[C@@H](CC(C)C)C(=O)N1CCC[C@H]1C(=O)N[C@H](C)C(=O)O. The molecule has 4 aromatic heterocycles. The van der Waals surface area contributed by atoms with Crippen molar-refractivity contribution in [3.63, 3.8) is 0 Å². The van der Waals surface area contributed by atoms with Crippen LogP contribution in [0.2, 0.25) is 5.02 Å². The van der Waals surface area contributed by atoms with Gasteiger partial charge < -0.3 is 72.9 Å². The minimum Gasteiger partial charge on any atom is -0.480 e. The standard InChI is InChI=1S/C74H84ClN15O13/c1-42(2)28-62(73(101)90-27-11-18-64(90)72(100)81-43(3)74(102)103)88-69(97)60(34-51-38-79-55-17-8-7-16-54(51)55)86-67(95)58(32-47-12-9-25-76-36-47)85-70(98)61(35-53-39-78-41-80-53)87-71(99)63(40-91)89-68(96)59(33-48-13-10-26-77-37-48)84-66(94)57(30-45-20-23-52(75)24-21-45)83-65(93)56(82-44(4)92)31-46-19-22-49-14-5-6-15-50(49)29-46/h5-10,12-17,19-26,29,36-39,41-43,56-64,79,91H,11,18,27-28,30-35,40H2,1-4H3,(H,78,80)(H,81,100)(H,82,92)(H,83,93)(H,84,94)(H,85,98)(H,86,95)(H,87,99)(H,88,97)(H,89,96)(H,102,103)/t43-,56-,57-,58-,59-,60+,61+,62+,63+,64+/m1/s1. The zero-order valence-electron chi connectivity index (χ0n) is 57.2. The number of benzene rings is 4. The number of nitrogens with zero attached hydrogens (tertiary/aromatic N) is 4. The second-order valence-corrected chi connectivity index (χ2v) is 26.4. The number of fused-ring (bicyclic) bond motifs is 2. The summed E-state index contributed by atoms with van der Waals surface area (Å²) in [6, 6.07) is 19.6. The highest BCUT2D eigenvalue weighted by molar-refractivity contribution is 6.30. The number of carbonyl (C=O) groups is 11. The normalized spacial score (nSPS) is 15.4. The molecule has 1 aliphatic rings. The van der Waals surface area contributed by atoms with E-state index in [1.807, 2.05) is 74.5 Å². The number of imidazole rings is 1. The number of amides is 10. The van der Waals surface area contributed by atoms with Gasteiger partial charge in [0.1, 0.15) is 60.4 Å². The highest BCUT2D eigenvalue weighted by Gasteiger charge is 2.41. The van der Waals surface area contributed by atoms with E-state index in [4.69, 9.17) is 11.6 Å². The van der Waals surface area contributed by atoms with Crippen LogP contribution in [0.1, 0.15) is 80.5 Å². The van der Waals surface area contributed by atoms with Crippen LogP contribution in [0.4, 0.5) is 0 Å². The summed E-state index contributed by atoms with van der Waals surface area (Å²) in [6.45, 7) is 5.34. The van der Waals surface area contributed by atoms with E-state index in [1.54, 1.807) is 60.8 Å². The smallest absolute Gasteiger partial charge is 0.325 e. The van der Waals surface area contributed by atoms with E-state index in [0.29, 0.717) is 45.0 Å². The highest BCUT2D eigenvalue weighted by Crippen LogP contribution is 2.24. The van der Waals surface area contributed by atoms with Gasteiger partial charge in [0.2, 0.25) is 59.1 Å². The maximum absolute atomic E-state index is 15.2. The van der Waals surface area contributed by atoms with Crippen LogP contribution in [0.15, 0.2) is 159 Å². The van der Waals surface area contributed by atoms with Crippen LogP contribution < -0.4 is 47.9 Å². The van der Waals surface area contributed by atoms with Gasteiger partial charge in [0.15, 0.2) is 0 Å². The molecule has 0 spiro atoms. The molecule has 4 aromatic carbocycles. The first-order valence-electron chi connectivity index (χ1n) is 33.8. The van der Waals surface area contributed by atoms with Crippen LogP contribution in [-0.2, 0) is 91.3 Å². The van der Waals surface area contributed by atoms with Crippen molar-refractivity contribution in [3.8, 4) is 0 Å². The van der Waals surface area contributed by atoms with E-state index in [-0.39, 0.29) is 63.8 Å². The van der Waals surface area contributed by atoms with Crippen molar-refractivity contribution < 1.29 is 63.0 Å². The van der Waals surface area contributed by atoms with Crippen LogP contribution in [0, 0.1) is 5.92 Å². The Hall–Kier alpha value is -11.4. The maximum atomic E-state index is 15.2. The molecule has 10 atom stereocenters. The van der Waals surface area contributed by atoms with Crippen LogP contribution in [0.5, 0.6) is 0 Å². The van der Waals surface area contributed by atoms with Gasteiger partial charge in [-0.05, 0) is 101 Å². The fourth-order valence-corrected chi connectivity index (χ4v) is 12.4. The van der Waals surface area contributed by atoms with Gasteiger partial charge in [-0.1, -0.05) is 110 Å². The molecule has 1 aliphatic heterocycles. The number of aromatic nitrogens is 5. The lowest BCUT2D eigenvalue weighted by atomic mass is 9.99. The number of H-pyrrole nitrogens is 2. The molecule has 103 heavy (non-hydrogen) atoms. The van der Waals surface area contributed by atoms with Crippen LogP contribution >= 0.6 is 11.6 Å². The Bertz CT molecular complexity index is 4300. The maximum Gasteiger partial charge on any atom is 0.325 e. The molecular formula is C74H84ClN15O13. The molecule has 8 aromatic rings. The number of aliphatic hydroxyl groups excluding tert-OH is 1. The lowest BCUT2D eigenvalue weighted by Crippen LogP contribution is -2.62. The third kappa shape index (κ3) is 21.6. The van der Waals surface area contributed by atoms with E-state index in [9.17, 15) is 48.6 Å². The Balaban J connectivity index is 0.954. The van der Waals surface area contributed by atoms with Crippen molar-refractivity contribution in [2.24, 2.45) is 5.92 Å². The number of hydrogen-bond donors (Lipinski definition) is 13. The van der Waals surface area contributed by atoms with Crippen molar-refractivity contribution in [2.75, 3.05) is 13.2 Å². The molecule has 5 heterocycles. The number of likely N-dealkylation sites (tertiary alicyclic amines) is 1. The number of nitrogens with one attached hydrogen (secondary N) is 11. The van der Waals surface area contributed by atoms with Gasteiger partial charge in [-0.25, -0.2) is 4.98 Å². The Morgan fingerprint density at radius 2 is 1.03 bits per heavy atom. The van der Waals surface area contributed by atoms with Gasteiger partial charge in [-0.2, -0.15) is 0 Å². The Morgan fingerprint density at radius 3 is 1.57 bits per heavy atom. The summed E-state index contributed by atoms with van der Waals surface area (Å²) in [6.07, 6.45) is 10.1. The molecule has 0 saturated carbocycles. The van der Waals surface area contributed by atoms with Gasteiger partial charge in [0.05, 0.1) is 12.9 Å². The molecule has 0 aliphatic carbocycles. The largest absolute Gasteiger partial charge is 0.480 e. The predicted octanol–water partition coefficient (Wildman–Crippen LogP) is 2.76. The molecule has 540 valence electrons. The van der Waals surface area contributed by atoms with Crippen molar-refractivity contribution in [2.45, 2.75) is 146 Å². The third-order valence-electron chi connectivity index (χ3n) is 17.6.